The minimum atomic E-state index is -0.989. The van der Waals surface area contributed by atoms with Crippen LogP contribution >= 0.6 is 0 Å². The predicted molar refractivity (Wildman–Crippen MR) is 78.5 cm³/mol. The van der Waals surface area contributed by atoms with E-state index in [4.69, 9.17) is 4.42 Å². The lowest BCUT2D eigenvalue weighted by molar-refractivity contribution is -0.0406. The van der Waals surface area contributed by atoms with E-state index in [9.17, 15) is 19.0 Å². The number of hydrogen-bond donors (Lipinski definition) is 2. The van der Waals surface area contributed by atoms with Crippen molar-refractivity contribution in [2.45, 2.75) is 32.1 Å². The van der Waals surface area contributed by atoms with Crippen molar-refractivity contribution >= 4 is 0 Å². The first-order valence-electron chi connectivity index (χ1n) is 7.45. The summed E-state index contributed by atoms with van der Waals surface area (Å²) in [6, 6.07) is 3.85. The Morgan fingerprint density at radius 2 is 2.09 bits per heavy atom. The number of rotatable bonds is 3. The van der Waals surface area contributed by atoms with Crippen molar-refractivity contribution < 1.29 is 23.4 Å². The van der Waals surface area contributed by atoms with Crippen molar-refractivity contribution in [3.05, 3.63) is 41.3 Å². The van der Waals surface area contributed by atoms with E-state index < -0.39 is 23.8 Å². The molecule has 1 aliphatic heterocycles. The lowest BCUT2D eigenvalue weighted by atomic mass is 10.1. The van der Waals surface area contributed by atoms with Crippen LogP contribution in [0, 0.1) is 18.6 Å². The molecular weight excluding hydrogens is 306 g/mol. The molecule has 7 heteroatoms. The third kappa shape index (κ3) is 3.26. The highest BCUT2D eigenvalue weighted by Gasteiger charge is 2.27. The van der Waals surface area contributed by atoms with Crippen LogP contribution in [0.5, 0.6) is 0 Å². The number of nitrogens with zero attached hydrogens (tertiary/aromatic N) is 2. The minimum absolute atomic E-state index is 0.0200. The molecule has 2 N–H and O–H groups in total. The van der Waals surface area contributed by atoms with Gasteiger partial charge >= 0.3 is 0 Å². The van der Waals surface area contributed by atoms with Crippen LogP contribution in [0.1, 0.15) is 17.9 Å². The summed E-state index contributed by atoms with van der Waals surface area (Å²) < 4.78 is 32.6. The van der Waals surface area contributed by atoms with Crippen LogP contribution < -0.4 is 0 Å². The fourth-order valence-corrected chi connectivity index (χ4v) is 2.70. The van der Waals surface area contributed by atoms with Gasteiger partial charge in [0, 0.05) is 19.6 Å². The van der Waals surface area contributed by atoms with Crippen LogP contribution in [0.25, 0.3) is 11.5 Å². The van der Waals surface area contributed by atoms with Crippen molar-refractivity contribution in [1.82, 2.24) is 9.88 Å². The van der Waals surface area contributed by atoms with Crippen LogP contribution in [0.2, 0.25) is 0 Å². The largest absolute Gasteiger partial charge is 0.441 e. The van der Waals surface area contributed by atoms with Gasteiger partial charge in [0.1, 0.15) is 5.76 Å². The highest BCUT2D eigenvalue weighted by molar-refractivity contribution is 5.54. The molecule has 0 spiro atoms. The Kier molecular flexibility index (Phi) is 4.43. The van der Waals surface area contributed by atoms with Gasteiger partial charge in [0.2, 0.25) is 5.89 Å². The molecule has 0 amide bonds. The summed E-state index contributed by atoms with van der Waals surface area (Å²) in [6.45, 7) is 3.07. The summed E-state index contributed by atoms with van der Waals surface area (Å²) in [5.41, 5.74) is 0.584. The van der Waals surface area contributed by atoms with Gasteiger partial charge in [-0.2, -0.15) is 0 Å². The Balaban J connectivity index is 1.80. The zero-order chi connectivity index (χ0) is 16.6. The first-order valence-corrected chi connectivity index (χ1v) is 7.45. The first kappa shape index (κ1) is 16.0. The van der Waals surface area contributed by atoms with E-state index in [0.29, 0.717) is 37.5 Å². The number of hydrogen-bond acceptors (Lipinski definition) is 5. The molecule has 2 aromatic rings. The van der Waals surface area contributed by atoms with Gasteiger partial charge in [-0.05, 0) is 25.5 Å². The monoisotopic (exact) mass is 324 g/mol. The maximum absolute atomic E-state index is 13.8. The summed E-state index contributed by atoms with van der Waals surface area (Å²) in [4.78, 5) is 6.20. The molecule has 1 fully saturated rings. The second-order valence-corrected chi connectivity index (χ2v) is 5.78. The summed E-state index contributed by atoms with van der Waals surface area (Å²) in [7, 11) is 0. The molecule has 0 unspecified atom stereocenters. The van der Waals surface area contributed by atoms with Crippen LogP contribution in [-0.2, 0) is 6.54 Å². The Labute approximate surface area is 132 Å². The summed E-state index contributed by atoms with van der Waals surface area (Å²) in [6.07, 6.45) is -1.03. The van der Waals surface area contributed by atoms with E-state index >= 15 is 0 Å². The molecule has 1 aliphatic rings. The molecule has 3 rings (SSSR count). The van der Waals surface area contributed by atoms with Crippen LogP contribution in [0.3, 0.4) is 0 Å². The number of oxazole rings is 1. The van der Waals surface area contributed by atoms with E-state index in [1.54, 1.807) is 6.92 Å². The molecule has 2 atom stereocenters. The van der Waals surface area contributed by atoms with Crippen LogP contribution in [0.15, 0.2) is 22.6 Å². The Hall–Kier alpha value is -1.83. The van der Waals surface area contributed by atoms with E-state index in [-0.39, 0.29) is 11.5 Å². The SMILES string of the molecule is Cc1oc(-c2cccc(F)c2F)nc1CN1CC[C@H](O)[C@@H](O)C1. The summed E-state index contributed by atoms with van der Waals surface area (Å²) in [5, 5.41) is 19.3. The van der Waals surface area contributed by atoms with E-state index in [0.717, 1.165) is 6.07 Å². The molecule has 0 bridgehead atoms. The van der Waals surface area contributed by atoms with Gasteiger partial charge in [-0.15, -0.1) is 0 Å². The Morgan fingerprint density at radius 1 is 1.30 bits per heavy atom. The van der Waals surface area contributed by atoms with Crippen molar-refractivity contribution in [1.29, 1.82) is 0 Å². The molecule has 0 saturated carbocycles. The highest BCUT2D eigenvalue weighted by atomic mass is 19.2. The first-order chi connectivity index (χ1) is 11.0. The molecule has 124 valence electrons. The van der Waals surface area contributed by atoms with Gasteiger partial charge in [0.15, 0.2) is 11.6 Å². The number of likely N-dealkylation sites (tertiary alicyclic amines) is 1. The maximum Gasteiger partial charge on any atom is 0.229 e. The van der Waals surface area contributed by atoms with Crippen LogP contribution in [-0.4, -0.2) is 45.4 Å². The van der Waals surface area contributed by atoms with Crippen molar-refractivity contribution in [2.24, 2.45) is 0 Å². The average Bonchev–Trinajstić information content (AvgIpc) is 2.87. The number of aliphatic hydroxyl groups excluding tert-OH is 2. The van der Waals surface area contributed by atoms with E-state index in [1.165, 1.54) is 12.1 Å². The zero-order valence-corrected chi connectivity index (χ0v) is 12.7. The fraction of sp³-hybridized carbons (Fsp3) is 0.438. The summed E-state index contributed by atoms with van der Waals surface area (Å²) in [5.74, 6) is -1.39. The molecule has 1 saturated heterocycles. The molecule has 2 heterocycles. The van der Waals surface area contributed by atoms with Gasteiger partial charge < -0.3 is 14.6 Å². The number of β-amino-alcohol motifs (C(OH)–C–C–N with tert-alkyl or cyclic N) is 1. The number of aryl methyl sites for hydroxylation is 1. The molecular formula is C16H18F2N2O3. The maximum atomic E-state index is 13.8. The molecule has 1 aromatic carbocycles. The molecule has 5 nitrogen and oxygen atoms in total. The standard InChI is InChI=1S/C16H18F2N2O3/c1-9-12(7-20-6-5-13(21)14(22)8-20)19-16(23-9)10-3-2-4-11(17)15(10)18/h2-4,13-14,21-22H,5-8H2,1H3/t13-,14-/m0/s1. The Morgan fingerprint density at radius 3 is 2.83 bits per heavy atom. The van der Waals surface area contributed by atoms with Crippen molar-refractivity contribution in [3.63, 3.8) is 0 Å². The highest BCUT2D eigenvalue weighted by Crippen LogP contribution is 2.26. The number of aliphatic hydroxyl groups is 2. The topological polar surface area (TPSA) is 69.7 Å². The second-order valence-electron chi connectivity index (χ2n) is 5.78. The van der Waals surface area contributed by atoms with E-state index in [2.05, 4.69) is 4.98 Å². The number of halogens is 2. The minimum Gasteiger partial charge on any atom is -0.441 e. The van der Waals surface area contributed by atoms with Gasteiger partial charge in [-0.3, -0.25) is 4.90 Å². The molecule has 1 aromatic heterocycles. The smallest absolute Gasteiger partial charge is 0.229 e. The third-order valence-electron chi connectivity index (χ3n) is 4.08. The van der Waals surface area contributed by atoms with Gasteiger partial charge in [0.25, 0.3) is 0 Å². The number of aromatic nitrogens is 1. The number of piperidine rings is 1. The molecule has 0 radical (unpaired) electrons. The summed E-state index contributed by atoms with van der Waals surface area (Å²) >= 11 is 0. The fourth-order valence-electron chi connectivity index (χ4n) is 2.70. The third-order valence-corrected chi connectivity index (χ3v) is 4.08. The van der Waals surface area contributed by atoms with Gasteiger partial charge in [0.05, 0.1) is 23.5 Å². The number of benzene rings is 1. The lowest BCUT2D eigenvalue weighted by Gasteiger charge is -2.32. The van der Waals surface area contributed by atoms with Gasteiger partial charge in [-0.25, -0.2) is 13.8 Å². The van der Waals surface area contributed by atoms with Gasteiger partial charge in [-0.1, -0.05) is 6.07 Å². The molecule has 23 heavy (non-hydrogen) atoms. The molecule has 0 aliphatic carbocycles. The average molecular weight is 324 g/mol. The van der Waals surface area contributed by atoms with Crippen molar-refractivity contribution in [3.8, 4) is 11.5 Å². The quantitative estimate of drug-likeness (QED) is 0.902. The Bertz CT molecular complexity index is 705. The predicted octanol–water partition coefficient (Wildman–Crippen LogP) is 1.86. The van der Waals surface area contributed by atoms with Crippen molar-refractivity contribution in [2.75, 3.05) is 13.1 Å². The normalized spacial score (nSPS) is 22.5. The zero-order valence-electron chi connectivity index (χ0n) is 12.7. The second kappa shape index (κ2) is 6.35. The van der Waals surface area contributed by atoms with Crippen LogP contribution in [0.4, 0.5) is 8.78 Å². The lowest BCUT2D eigenvalue weighted by Crippen LogP contribution is -2.46. The van der Waals surface area contributed by atoms with E-state index in [1.807, 2.05) is 4.90 Å².